The van der Waals surface area contributed by atoms with Crippen LogP contribution in [0.5, 0.6) is 0 Å². The van der Waals surface area contributed by atoms with E-state index in [1.807, 2.05) is 0 Å². The van der Waals surface area contributed by atoms with Crippen LogP contribution in [0.25, 0.3) is 0 Å². The number of ether oxygens (including phenoxy) is 1. The summed E-state index contributed by atoms with van der Waals surface area (Å²) in [5.41, 5.74) is 0. The van der Waals surface area contributed by atoms with Gasteiger partial charge in [-0.1, -0.05) is 26.7 Å². The molecule has 2 atom stereocenters. The van der Waals surface area contributed by atoms with Gasteiger partial charge < -0.3 is 10.1 Å². The highest BCUT2D eigenvalue weighted by Crippen LogP contribution is 2.43. The molecule has 2 aliphatic rings. The second-order valence-corrected chi connectivity index (χ2v) is 6.38. The summed E-state index contributed by atoms with van der Waals surface area (Å²) >= 11 is 0. The highest BCUT2D eigenvalue weighted by Gasteiger charge is 2.34. The van der Waals surface area contributed by atoms with Crippen molar-refractivity contribution < 1.29 is 4.74 Å². The predicted molar refractivity (Wildman–Crippen MR) is 72.1 cm³/mol. The fourth-order valence-electron chi connectivity index (χ4n) is 3.06. The van der Waals surface area contributed by atoms with Gasteiger partial charge in [0.15, 0.2) is 0 Å². The first-order chi connectivity index (χ1) is 8.25. The molecule has 2 unspecified atom stereocenters. The molecule has 2 saturated carbocycles. The van der Waals surface area contributed by atoms with Crippen LogP contribution in [0.3, 0.4) is 0 Å². The van der Waals surface area contributed by atoms with Crippen molar-refractivity contribution in [3.8, 4) is 0 Å². The fraction of sp³-hybridized carbons (Fsp3) is 1.00. The Kier molecular flexibility index (Phi) is 5.30. The molecule has 2 aliphatic carbocycles. The Morgan fingerprint density at radius 3 is 2.65 bits per heavy atom. The smallest absolute Gasteiger partial charge is 0.0591 e. The summed E-state index contributed by atoms with van der Waals surface area (Å²) in [6, 6.07) is 0.775. The van der Waals surface area contributed by atoms with E-state index in [1.165, 1.54) is 38.5 Å². The van der Waals surface area contributed by atoms with Crippen LogP contribution in [0, 0.1) is 17.8 Å². The lowest BCUT2D eigenvalue weighted by atomic mass is 9.83. The van der Waals surface area contributed by atoms with E-state index in [1.54, 1.807) is 0 Å². The lowest BCUT2D eigenvalue weighted by Gasteiger charge is -2.30. The summed E-state index contributed by atoms with van der Waals surface area (Å²) in [7, 11) is 0. The topological polar surface area (TPSA) is 21.3 Å². The third-order valence-corrected chi connectivity index (χ3v) is 4.13. The lowest BCUT2D eigenvalue weighted by Crippen LogP contribution is -2.36. The lowest BCUT2D eigenvalue weighted by molar-refractivity contribution is 0.107. The van der Waals surface area contributed by atoms with Gasteiger partial charge in [0.1, 0.15) is 0 Å². The highest BCUT2D eigenvalue weighted by atomic mass is 16.5. The maximum Gasteiger partial charge on any atom is 0.0591 e. The maximum absolute atomic E-state index is 5.61. The van der Waals surface area contributed by atoms with Crippen LogP contribution in [0.2, 0.25) is 0 Å². The van der Waals surface area contributed by atoms with Gasteiger partial charge in [-0.05, 0) is 43.4 Å². The standard InChI is InChI=1S/C15H29NO/c1-12(2)11-17-9-8-16-15-5-3-4-14(10-15)13-6-7-13/h12-16H,3-11H2,1-2H3. The summed E-state index contributed by atoms with van der Waals surface area (Å²) in [6.07, 6.45) is 8.75. The van der Waals surface area contributed by atoms with E-state index in [4.69, 9.17) is 4.74 Å². The van der Waals surface area contributed by atoms with Crippen LogP contribution in [0.15, 0.2) is 0 Å². The van der Waals surface area contributed by atoms with Crippen LogP contribution in [-0.4, -0.2) is 25.8 Å². The van der Waals surface area contributed by atoms with E-state index in [9.17, 15) is 0 Å². The molecule has 2 heteroatoms. The quantitative estimate of drug-likeness (QED) is 0.689. The molecular formula is C15H29NO. The van der Waals surface area contributed by atoms with Crippen molar-refractivity contribution in [3.63, 3.8) is 0 Å². The summed E-state index contributed by atoms with van der Waals surface area (Å²) in [6.45, 7) is 7.22. The highest BCUT2D eigenvalue weighted by molar-refractivity contribution is 4.87. The first-order valence-electron chi connectivity index (χ1n) is 7.57. The Morgan fingerprint density at radius 2 is 1.94 bits per heavy atom. The monoisotopic (exact) mass is 239 g/mol. The largest absolute Gasteiger partial charge is 0.380 e. The molecule has 0 saturated heterocycles. The van der Waals surface area contributed by atoms with Crippen LogP contribution >= 0.6 is 0 Å². The summed E-state index contributed by atoms with van der Waals surface area (Å²) < 4.78 is 5.61. The average molecular weight is 239 g/mol. The van der Waals surface area contributed by atoms with Gasteiger partial charge in [-0.2, -0.15) is 0 Å². The van der Waals surface area contributed by atoms with Crippen LogP contribution in [0.4, 0.5) is 0 Å². The molecule has 0 aromatic carbocycles. The minimum absolute atomic E-state index is 0.656. The molecule has 17 heavy (non-hydrogen) atoms. The Labute approximate surface area is 107 Å². The van der Waals surface area contributed by atoms with Crippen molar-refractivity contribution in [2.24, 2.45) is 17.8 Å². The second kappa shape index (κ2) is 6.75. The van der Waals surface area contributed by atoms with Gasteiger partial charge in [-0.3, -0.25) is 0 Å². The normalized spacial score (nSPS) is 29.8. The summed E-state index contributed by atoms with van der Waals surface area (Å²) in [4.78, 5) is 0. The zero-order chi connectivity index (χ0) is 12.1. The molecule has 0 amide bonds. The van der Waals surface area contributed by atoms with Gasteiger partial charge >= 0.3 is 0 Å². The van der Waals surface area contributed by atoms with Crippen molar-refractivity contribution in [3.05, 3.63) is 0 Å². The van der Waals surface area contributed by atoms with Crippen molar-refractivity contribution in [1.82, 2.24) is 5.32 Å². The molecule has 2 rings (SSSR count). The van der Waals surface area contributed by atoms with Crippen molar-refractivity contribution in [1.29, 1.82) is 0 Å². The SMILES string of the molecule is CC(C)COCCNC1CCCC(C2CC2)C1. The van der Waals surface area contributed by atoms with Crippen molar-refractivity contribution >= 4 is 0 Å². The average Bonchev–Trinajstić information content (AvgIpc) is 3.12. The fourth-order valence-corrected chi connectivity index (χ4v) is 3.06. The van der Waals surface area contributed by atoms with Gasteiger partial charge in [-0.15, -0.1) is 0 Å². The predicted octanol–water partition coefficient (Wildman–Crippen LogP) is 3.22. The van der Waals surface area contributed by atoms with E-state index in [2.05, 4.69) is 19.2 Å². The molecule has 2 nitrogen and oxygen atoms in total. The third kappa shape index (κ3) is 4.97. The minimum atomic E-state index is 0.656. The number of hydrogen-bond donors (Lipinski definition) is 1. The van der Waals surface area contributed by atoms with Gasteiger partial charge in [0, 0.05) is 19.2 Å². The zero-order valence-electron chi connectivity index (χ0n) is 11.6. The van der Waals surface area contributed by atoms with E-state index >= 15 is 0 Å². The molecule has 0 aromatic rings. The van der Waals surface area contributed by atoms with E-state index in [0.29, 0.717) is 5.92 Å². The first kappa shape index (κ1) is 13.4. The molecule has 0 aromatic heterocycles. The Balaban J connectivity index is 1.52. The summed E-state index contributed by atoms with van der Waals surface area (Å²) in [5.74, 6) is 2.79. The Bertz CT molecular complexity index is 213. The number of hydrogen-bond acceptors (Lipinski definition) is 2. The molecule has 0 heterocycles. The van der Waals surface area contributed by atoms with Crippen molar-refractivity contribution in [2.75, 3.05) is 19.8 Å². The third-order valence-electron chi connectivity index (χ3n) is 4.13. The first-order valence-corrected chi connectivity index (χ1v) is 7.57. The van der Waals surface area contributed by atoms with E-state index in [0.717, 1.165) is 37.6 Å². The molecule has 0 aliphatic heterocycles. The van der Waals surface area contributed by atoms with Crippen LogP contribution in [-0.2, 0) is 4.74 Å². The molecule has 0 radical (unpaired) electrons. The number of nitrogens with one attached hydrogen (secondary N) is 1. The molecule has 2 fully saturated rings. The van der Waals surface area contributed by atoms with Crippen LogP contribution in [0.1, 0.15) is 52.4 Å². The molecule has 0 spiro atoms. The Morgan fingerprint density at radius 1 is 1.12 bits per heavy atom. The molecule has 1 N–H and O–H groups in total. The minimum Gasteiger partial charge on any atom is -0.380 e. The number of rotatable bonds is 7. The van der Waals surface area contributed by atoms with Gasteiger partial charge in [0.05, 0.1) is 6.61 Å². The molecular weight excluding hydrogens is 210 g/mol. The van der Waals surface area contributed by atoms with Gasteiger partial charge in [-0.25, -0.2) is 0 Å². The van der Waals surface area contributed by atoms with E-state index in [-0.39, 0.29) is 0 Å². The summed E-state index contributed by atoms with van der Waals surface area (Å²) in [5, 5.41) is 3.68. The molecule has 100 valence electrons. The Hall–Kier alpha value is -0.0800. The maximum atomic E-state index is 5.61. The van der Waals surface area contributed by atoms with Gasteiger partial charge in [0.2, 0.25) is 0 Å². The molecule has 0 bridgehead atoms. The van der Waals surface area contributed by atoms with E-state index < -0.39 is 0 Å². The van der Waals surface area contributed by atoms with Crippen molar-refractivity contribution in [2.45, 2.75) is 58.4 Å². The van der Waals surface area contributed by atoms with Crippen LogP contribution < -0.4 is 5.32 Å². The second-order valence-electron chi connectivity index (χ2n) is 6.38. The van der Waals surface area contributed by atoms with Gasteiger partial charge in [0.25, 0.3) is 0 Å². The zero-order valence-corrected chi connectivity index (χ0v) is 11.6.